The maximum atomic E-state index is 12.1. The maximum absolute atomic E-state index is 12.1. The molecule has 166 valence electrons. The molecule has 3 amide bonds. The molecule has 32 heavy (non-hydrogen) atoms. The van der Waals surface area contributed by atoms with Crippen LogP contribution in [-0.2, 0) is 16.1 Å². The van der Waals surface area contributed by atoms with Gasteiger partial charge in [-0.1, -0.05) is 17.7 Å². The molecule has 0 bridgehead atoms. The van der Waals surface area contributed by atoms with Gasteiger partial charge in [-0.3, -0.25) is 10.1 Å². The van der Waals surface area contributed by atoms with Crippen molar-refractivity contribution in [3.63, 3.8) is 0 Å². The van der Waals surface area contributed by atoms with Crippen molar-refractivity contribution in [2.75, 3.05) is 11.9 Å². The van der Waals surface area contributed by atoms with Gasteiger partial charge in [-0.05, 0) is 56.7 Å². The topological polar surface area (TPSA) is 107 Å². The third-order valence-corrected chi connectivity index (χ3v) is 5.18. The number of benzene rings is 2. The van der Waals surface area contributed by atoms with Crippen LogP contribution in [0.25, 0.3) is 0 Å². The van der Waals surface area contributed by atoms with Crippen LogP contribution in [-0.4, -0.2) is 29.5 Å². The minimum atomic E-state index is -0.737. The second-order valence-corrected chi connectivity index (χ2v) is 8.13. The number of amides is 3. The maximum Gasteiger partial charge on any atom is 0.338 e. The Morgan fingerprint density at radius 3 is 2.44 bits per heavy atom. The van der Waals surface area contributed by atoms with Crippen molar-refractivity contribution in [1.29, 1.82) is 0 Å². The first kappa shape index (κ1) is 23.0. The van der Waals surface area contributed by atoms with Crippen molar-refractivity contribution < 1.29 is 23.9 Å². The van der Waals surface area contributed by atoms with Gasteiger partial charge in [0.1, 0.15) is 12.4 Å². The third kappa shape index (κ3) is 6.64. The highest BCUT2D eigenvalue weighted by Crippen LogP contribution is 2.17. The number of nitrogens with one attached hydrogen (secondary N) is 2. The Bertz CT molecular complexity index is 1120. The predicted molar refractivity (Wildman–Crippen MR) is 121 cm³/mol. The Hall–Kier alpha value is -3.72. The van der Waals surface area contributed by atoms with E-state index < -0.39 is 24.5 Å². The van der Waals surface area contributed by atoms with Gasteiger partial charge in [-0.15, -0.1) is 11.3 Å². The van der Waals surface area contributed by atoms with E-state index in [2.05, 4.69) is 15.6 Å². The fourth-order valence-corrected chi connectivity index (χ4v) is 3.40. The molecule has 0 radical (unpaired) electrons. The van der Waals surface area contributed by atoms with Gasteiger partial charge in [-0.25, -0.2) is 14.6 Å². The number of aromatic nitrogens is 1. The van der Waals surface area contributed by atoms with Gasteiger partial charge in [0.25, 0.3) is 5.91 Å². The van der Waals surface area contributed by atoms with Gasteiger partial charge >= 0.3 is 12.0 Å². The average molecular weight is 454 g/mol. The van der Waals surface area contributed by atoms with Gasteiger partial charge in [0.15, 0.2) is 6.61 Å². The Kier molecular flexibility index (Phi) is 7.56. The van der Waals surface area contributed by atoms with Crippen LogP contribution >= 0.6 is 11.3 Å². The number of rotatable bonds is 7. The molecule has 0 saturated carbocycles. The van der Waals surface area contributed by atoms with Crippen molar-refractivity contribution in [1.82, 2.24) is 10.3 Å². The van der Waals surface area contributed by atoms with E-state index in [0.29, 0.717) is 18.0 Å². The number of esters is 1. The number of thiazole rings is 1. The van der Waals surface area contributed by atoms with E-state index >= 15 is 0 Å². The number of imide groups is 1. The summed E-state index contributed by atoms with van der Waals surface area (Å²) in [6.07, 6.45) is 0. The quantitative estimate of drug-likeness (QED) is 0.521. The number of carbonyl (C=O) groups excluding carboxylic acids is 3. The molecular weight excluding hydrogens is 430 g/mol. The first-order chi connectivity index (χ1) is 15.3. The molecule has 2 N–H and O–H groups in total. The number of hydrogen-bond donors (Lipinski definition) is 2. The molecule has 1 aromatic heterocycles. The Morgan fingerprint density at radius 1 is 1.03 bits per heavy atom. The second kappa shape index (κ2) is 10.5. The fourth-order valence-electron chi connectivity index (χ4n) is 2.80. The summed E-state index contributed by atoms with van der Waals surface area (Å²) in [6.45, 7) is 5.46. The van der Waals surface area contributed by atoms with Crippen molar-refractivity contribution >= 4 is 34.9 Å². The van der Waals surface area contributed by atoms with Crippen LogP contribution in [0.3, 0.4) is 0 Å². The molecule has 2 aromatic carbocycles. The van der Waals surface area contributed by atoms with E-state index in [1.54, 1.807) is 29.5 Å². The molecule has 0 aliphatic carbocycles. The van der Waals surface area contributed by atoms with Gasteiger partial charge in [0.2, 0.25) is 0 Å². The SMILES string of the molecule is Cc1ccc(NC(=O)NC(=O)COC(=O)c2ccc(OCc3csc(C)n3)cc2)c(C)c1. The summed E-state index contributed by atoms with van der Waals surface area (Å²) in [5.41, 5.74) is 3.61. The standard InChI is InChI=1S/C23H23N3O5S/c1-14-4-9-20(15(2)10-14)25-23(29)26-21(27)12-31-22(28)17-5-7-19(8-6-17)30-11-18-13-32-16(3)24-18/h4-10,13H,11-12H2,1-3H3,(H2,25,26,27,29). The van der Waals surface area contributed by atoms with Crippen LogP contribution in [0.1, 0.15) is 32.2 Å². The van der Waals surface area contributed by atoms with E-state index in [1.165, 1.54) is 12.1 Å². The monoisotopic (exact) mass is 453 g/mol. The summed E-state index contributed by atoms with van der Waals surface area (Å²) in [4.78, 5) is 40.4. The van der Waals surface area contributed by atoms with E-state index in [-0.39, 0.29) is 5.56 Å². The smallest absolute Gasteiger partial charge is 0.338 e. The minimum Gasteiger partial charge on any atom is -0.487 e. The summed E-state index contributed by atoms with van der Waals surface area (Å²) in [7, 11) is 0. The lowest BCUT2D eigenvalue weighted by molar-refractivity contribution is -0.123. The first-order valence-electron chi connectivity index (χ1n) is 9.79. The Labute approximate surface area is 189 Å². The number of urea groups is 1. The molecule has 8 nitrogen and oxygen atoms in total. The zero-order valence-electron chi connectivity index (χ0n) is 17.9. The number of nitrogens with zero attached hydrogens (tertiary/aromatic N) is 1. The molecule has 0 atom stereocenters. The predicted octanol–water partition coefficient (Wildman–Crippen LogP) is 4.15. The van der Waals surface area contributed by atoms with Gasteiger partial charge in [0, 0.05) is 11.1 Å². The van der Waals surface area contributed by atoms with Crippen molar-refractivity contribution in [3.8, 4) is 5.75 Å². The van der Waals surface area contributed by atoms with E-state index in [0.717, 1.165) is 21.8 Å². The normalized spacial score (nSPS) is 10.3. The zero-order valence-corrected chi connectivity index (χ0v) is 18.7. The molecule has 0 unspecified atom stereocenters. The lowest BCUT2D eigenvalue weighted by Gasteiger charge is -2.10. The molecule has 9 heteroatoms. The fraction of sp³-hybridized carbons (Fsp3) is 0.217. The van der Waals surface area contributed by atoms with Crippen LogP contribution < -0.4 is 15.4 Å². The molecule has 0 fully saturated rings. The van der Waals surface area contributed by atoms with Crippen LogP contribution in [0, 0.1) is 20.8 Å². The molecule has 1 heterocycles. The number of aryl methyl sites for hydroxylation is 3. The van der Waals surface area contributed by atoms with Gasteiger partial charge in [-0.2, -0.15) is 0 Å². The number of carbonyl (C=O) groups is 3. The Morgan fingerprint density at radius 2 is 1.78 bits per heavy atom. The molecule has 0 aliphatic rings. The summed E-state index contributed by atoms with van der Waals surface area (Å²) < 4.78 is 10.6. The highest BCUT2D eigenvalue weighted by molar-refractivity contribution is 7.09. The lowest BCUT2D eigenvalue weighted by atomic mass is 10.1. The number of hydrogen-bond acceptors (Lipinski definition) is 7. The summed E-state index contributed by atoms with van der Waals surface area (Å²) in [5.74, 6) is -0.844. The molecule has 3 rings (SSSR count). The highest BCUT2D eigenvalue weighted by Gasteiger charge is 2.13. The van der Waals surface area contributed by atoms with Crippen LogP contribution in [0.5, 0.6) is 5.75 Å². The van der Waals surface area contributed by atoms with Gasteiger partial charge < -0.3 is 14.8 Å². The van der Waals surface area contributed by atoms with Crippen LogP contribution in [0.2, 0.25) is 0 Å². The molecule has 0 aliphatic heterocycles. The van der Waals surface area contributed by atoms with Crippen LogP contribution in [0.4, 0.5) is 10.5 Å². The van der Waals surface area contributed by atoms with Gasteiger partial charge in [0.05, 0.1) is 16.3 Å². The first-order valence-corrected chi connectivity index (χ1v) is 10.7. The third-order valence-electron chi connectivity index (χ3n) is 4.36. The average Bonchev–Trinajstić information content (AvgIpc) is 3.18. The highest BCUT2D eigenvalue weighted by atomic mass is 32.1. The molecule has 0 spiro atoms. The van der Waals surface area contributed by atoms with Crippen molar-refractivity contribution in [3.05, 3.63) is 75.2 Å². The number of anilines is 1. The van der Waals surface area contributed by atoms with E-state index in [9.17, 15) is 14.4 Å². The van der Waals surface area contributed by atoms with E-state index in [4.69, 9.17) is 9.47 Å². The Balaban J connectivity index is 1.43. The van der Waals surface area contributed by atoms with Crippen molar-refractivity contribution in [2.24, 2.45) is 0 Å². The molecule has 0 saturated heterocycles. The summed E-state index contributed by atoms with van der Waals surface area (Å²) >= 11 is 1.55. The molecule has 3 aromatic rings. The minimum absolute atomic E-state index is 0.259. The molecular formula is C23H23N3O5S. The summed E-state index contributed by atoms with van der Waals surface area (Å²) in [5, 5.41) is 7.61. The van der Waals surface area contributed by atoms with Crippen molar-refractivity contribution in [2.45, 2.75) is 27.4 Å². The lowest BCUT2D eigenvalue weighted by Crippen LogP contribution is -2.37. The zero-order chi connectivity index (χ0) is 23.1. The summed E-state index contributed by atoms with van der Waals surface area (Å²) in [6, 6.07) is 11.1. The van der Waals surface area contributed by atoms with Crippen LogP contribution in [0.15, 0.2) is 47.8 Å². The number of ether oxygens (including phenoxy) is 2. The van der Waals surface area contributed by atoms with E-state index in [1.807, 2.05) is 38.3 Å². The largest absolute Gasteiger partial charge is 0.487 e. The second-order valence-electron chi connectivity index (χ2n) is 7.07.